The van der Waals surface area contributed by atoms with Crippen molar-refractivity contribution in [3.63, 3.8) is 0 Å². The average molecular weight is 292 g/mol. The molecule has 0 saturated heterocycles. The van der Waals surface area contributed by atoms with Crippen LogP contribution in [-0.2, 0) is 0 Å². The van der Waals surface area contributed by atoms with Crippen molar-refractivity contribution in [2.24, 2.45) is 0 Å². The minimum absolute atomic E-state index is 0.499. The van der Waals surface area contributed by atoms with E-state index in [0.717, 1.165) is 11.1 Å². The molecule has 1 N–H and O–H groups in total. The smallest absolute Gasteiger partial charge is 0.223 e. The highest BCUT2D eigenvalue weighted by molar-refractivity contribution is 7.08. The summed E-state index contributed by atoms with van der Waals surface area (Å²) in [5.74, 6) is 0.508. The lowest BCUT2D eigenvalue weighted by atomic mass is 10.0. The van der Waals surface area contributed by atoms with E-state index in [0.29, 0.717) is 22.9 Å². The van der Waals surface area contributed by atoms with Crippen molar-refractivity contribution < 1.29 is 0 Å². The van der Waals surface area contributed by atoms with Gasteiger partial charge in [-0.15, -0.1) is 0 Å². The molecule has 5 heteroatoms. The number of anilines is 1. The summed E-state index contributed by atoms with van der Waals surface area (Å²) in [6.45, 7) is 0. The summed E-state index contributed by atoms with van der Waals surface area (Å²) >= 11 is 1.58. The zero-order chi connectivity index (χ0) is 14.7. The number of nitrogens with zero attached hydrogens (tertiary/aromatic N) is 3. The summed E-state index contributed by atoms with van der Waals surface area (Å²) < 4.78 is 0. The van der Waals surface area contributed by atoms with E-state index in [1.165, 1.54) is 0 Å². The average Bonchev–Trinajstić information content (AvgIpc) is 3.08. The summed E-state index contributed by atoms with van der Waals surface area (Å²) in [5.41, 5.74) is 3.66. The number of benzene rings is 1. The van der Waals surface area contributed by atoms with Crippen LogP contribution in [0.4, 0.5) is 5.95 Å². The number of thiophene rings is 1. The van der Waals surface area contributed by atoms with Crippen LogP contribution in [0.5, 0.6) is 0 Å². The first-order valence-electron chi connectivity index (χ1n) is 6.41. The zero-order valence-corrected chi connectivity index (χ0v) is 12.2. The molecule has 0 aliphatic carbocycles. The standard InChI is InChI=1S/C16H12N4S/c1-18-16-19-14(11-5-3-2-4-6-11)13(9-17)15(20-16)12-7-8-21-10-12/h2-8,10H,1H3,(H,18,19,20). The number of nitrogens with one attached hydrogen (secondary N) is 1. The van der Waals surface area contributed by atoms with Crippen LogP contribution < -0.4 is 5.32 Å². The molecule has 2 heterocycles. The number of hydrogen-bond donors (Lipinski definition) is 1. The lowest BCUT2D eigenvalue weighted by Crippen LogP contribution is -2.03. The first kappa shape index (κ1) is 13.3. The van der Waals surface area contributed by atoms with Crippen molar-refractivity contribution in [3.8, 4) is 28.6 Å². The normalized spacial score (nSPS) is 10.1. The molecule has 1 aromatic carbocycles. The van der Waals surface area contributed by atoms with Gasteiger partial charge in [0, 0.05) is 23.6 Å². The lowest BCUT2D eigenvalue weighted by molar-refractivity contribution is 1.15. The molecule has 0 radical (unpaired) electrons. The van der Waals surface area contributed by atoms with Crippen LogP contribution in [0.2, 0.25) is 0 Å². The molecule has 21 heavy (non-hydrogen) atoms. The zero-order valence-electron chi connectivity index (χ0n) is 11.4. The molecular weight excluding hydrogens is 280 g/mol. The van der Waals surface area contributed by atoms with E-state index in [-0.39, 0.29) is 0 Å². The molecule has 0 amide bonds. The second-order valence-electron chi connectivity index (χ2n) is 4.36. The molecule has 0 atom stereocenters. The number of hydrogen-bond acceptors (Lipinski definition) is 5. The van der Waals surface area contributed by atoms with Crippen LogP contribution in [0, 0.1) is 11.3 Å². The predicted octanol–water partition coefficient (Wildman–Crippen LogP) is 3.79. The Morgan fingerprint density at radius 3 is 2.33 bits per heavy atom. The summed E-state index contributed by atoms with van der Waals surface area (Å²) in [6, 6.07) is 13.9. The highest BCUT2D eigenvalue weighted by atomic mass is 32.1. The van der Waals surface area contributed by atoms with E-state index < -0.39 is 0 Å². The van der Waals surface area contributed by atoms with E-state index in [9.17, 15) is 5.26 Å². The highest BCUT2D eigenvalue weighted by Gasteiger charge is 2.17. The van der Waals surface area contributed by atoms with Gasteiger partial charge in [0.2, 0.25) is 5.95 Å². The summed E-state index contributed by atoms with van der Waals surface area (Å²) in [6.07, 6.45) is 0. The van der Waals surface area contributed by atoms with E-state index >= 15 is 0 Å². The fourth-order valence-corrected chi connectivity index (χ4v) is 2.73. The van der Waals surface area contributed by atoms with Gasteiger partial charge in [-0.2, -0.15) is 16.6 Å². The Kier molecular flexibility index (Phi) is 3.63. The van der Waals surface area contributed by atoms with Gasteiger partial charge in [0.1, 0.15) is 11.6 Å². The molecule has 102 valence electrons. The van der Waals surface area contributed by atoms with Crippen LogP contribution in [0.3, 0.4) is 0 Å². The molecule has 3 rings (SSSR count). The lowest BCUT2D eigenvalue weighted by Gasteiger charge is -2.10. The Morgan fingerprint density at radius 2 is 1.76 bits per heavy atom. The number of nitriles is 1. The van der Waals surface area contributed by atoms with Gasteiger partial charge in [0.25, 0.3) is 0 Å². The SMILES string of the molecule is CNc1nc(-c2ccccc2)c(C#N)c(-c2ccsc2)n1. The first-order chi connectivity index (χ1) is 10.3. The van der Waals surface area contributed by atoms with Crippen molar-refractivity contribution in [2.75, 3.05) is 12.4 Å². The monoisotopic (exact) mass is 292 g/mol. The van der Waals surface area contributed by atoms with Gasteiger partial charge in [-0.3, -0.25) is 0 Å². The molecule has 2 aromatic heterocycles. The Labute approximate surface area is 126 Å². The maximum absolute atomic E-state index is 9.58. The second kappa shape index (κ2) is 5.73. The second-order valence-corrected chi connectivity index (χ2v) is 5.14. The van der Waals surface area contributed by atoms with Gasteiger partial charge in [-0.1, -0.05) is 30.3 Å². The summed E-state index contributed by atoms with van der Waals surface area (Å²) in [7, 11) is 1.77. The Bertz CT molecular complexity index is 789. The predicted molar refractivity (Wildman–Crippen MR) is 85.0 cm³/mol. The molecule has 0 bridgehead atoms. The fraction of sp³-hybridized carbons (Fsp3) is 0.0625. The topological polar surface area (TPSA) is 61.6 Å². The minimum atomic E-state index is 0.499. The van der Waals surface area contributed by atoms with Gasteiger partial charge in [-0.25, -0.2) is 9.97 Å². The summed E-state index contributed by atoms with van der Waals surface area (Å²) in [4.78, 5) is 8.91. The molecule has 0 aliphatic rings. The Balaban J connectivity index is 2.30. The van der Waals surface area contributed by atoms with Crippen LogP contribution in [0.15, 0.2) is 47.2 Å². The number of aromatic nitrogens is 2. The van der Waals surface area contributed by atoms with Crippen molar-refractivity contribution in [3.05, 3.63) is 52.7 Å². The number of rotatable bonds is 3. The molecule has 0 spiro atoms. The first-order valence-corrected chi connectivity index (χ1v) is 7.35. The summed E-state index contributed by atoms with van der Waals surface area (Å²) in [5, 5.41) is 16.5. The van der Waals surface area contributed by atoms with Gasteiger partial charge in [0.15, 0.2) is 0 Å². The maximum Gasteiger partial charge on any atom is 0.223 e. The minimum Gasteiger partial charge on any atom is -0.357 e. The Hall–Kier alpha value is -2.71. The third-order valence-electron chi connectivity index (χ3n) is 3.09. The molecular formula is C16H12N4S. The van der Waals surface area contributed by atoms with E-state index in [2.05, 4.69) is 21.4 Å². The largest absolute Gasteiger partial charge is 0.357 e. The maximum atomic E-state index is 9.58. The molecule has 0 saturated carbocycles. The molecule has 3 aromatic rings. The third kappa shape index (κ3) is 2.49. The van der Waals surface area contributed by atoms with Gasteiger partial charge < -0.3 is 5.32 Å². The third-order valence-corrected chi connectivity index (χ3v) is 3.77. The van der Waals surface area contributed by atoms with E-state index in [4.69, 9.17) is 0 Å². The van der Waals surface area contributed by atoms with Crippen molar-refractivity contribution in [2.45, 2.75) is 0 Å². The highest BCUT2D eigenvalue weighted by Crippen LogP contribution is 2.31. The van der Waals surface area contributed by atoms with Crippen molar-refractivity contribution in [1.82, 2.24) is 9.97 Å². The molecule has 4 nitrogen and oxygen atoms in total. The van der Waals surface area contributed by atoms with Crippen molar-refractivity contribution in [1.29, 1.82) is 5.26 Å². The Morgan fingerprint density at radius 1 is 1.05 bits per heavy atom. The fourth-order valence-electron chi connectivity index (χ4n) is 2.09. The van der Waals surface area contributed by atoms with Gasteiger partial charge in [0.05, 0.1) is 11.4 Å². The van der Waals surface area contributed by atoms with Gasteiger partial charge >= 0.3 is 0 Å². The van der Waals surface area contributed by atoms with E-state index in [1.807, 2.05) is 47.2 Å². The molecule has 0 aliphatic heterocycles. The quantitative estimate of drug-likeness (QED) is 0.798. The molecule has 0 unspecified atom stereocenters. The van der Waals surface area contributed by atoms with Crippen LogP contribution in [0.25, 0.3) is 22.5 Å². The van der Waals surface area contributed by atoms with Crippen LogP contribution in [-0.4, -0.2) is 17.0 Å². The van der Waals surface area contributed by atoms with Gasteiger partial charge in [-0.05, 0) is 11.4 Å². The van der Waals surface area contributed by atoms with E-state index in [1.54, 1.807) is 18.4 Å². The molecule has 0 fully saturated rings. The van der Waals surface area contributed by atoms with Crippen LogP contribution in [0.1, 0.15) is 5.56 Å². The van der Waals surface area contributed by atoms with Crippen LogP contribution >= 0.6 is 11.3 Å². The van der Waals surface area contributed by atoms with Crippen molar-refractivity contribution >= 4 is 17.3 Å².